The smallest absolute Gasteiger partial charge is 0.410 e. The van der Waals surface area contributed by atoms with Crippen LogP contribution in [0.5, 0.6) is 0 Å². The van der Waals surface area contributed by atoms with Crippen molar-refractivity contribution < 1.29 is 41.9 Å². The number of thiophene rings is 1. The van der Waals surface area contributed by atoms with Crippen LogP contribution in [0.15, 0.2) is 58.1 Å². The van der Waals surface area contributed by atoms with E-state index in [0.717, 1.165) is 61.0 Å². The van der Waals surface area contributed by atoms with Gasteiger partial charge in [-0.05, 0) is 80.4 Å². The van der Waals surface area contributed by atoms with E-state index in [1.165, 1.54) is 11.0 Å². The molecule has 3 fully saturated rings. The summed E-state index contributed by atoms with van der Waals surface area (Å²) in [6.07, 6.45) is 8.75. The van der Waals surface area contributed by atoms with Crippen molar-refractivity contribution in [3.05, 3.63) is 65.1 Å². The molecule has 0 unspecified atom stereocenters. The molecule has 1 saturated heterocycles. The molecule has 5 amide bonds. The maximum atomic E-state index is 14.4. The molecule has 4 heterocycles. The van der Waals surface area contributed by atoms with Gasteiger partial charge in [0.05, 0.1) is 6.54 Å². The molecule has 54 heavy (non-hydrogen) atoms. The molecule has 3 aliphatic heterocycles. The van der Waals surface area contributed by atoms with Crippen LogP contribution in [0.1, 0.15) is 81.8 Å². The fourth-order valence-corrected chi connectivity index (χ4v) is 10.1. The zero-order chi connectivity index (χ0) is 37.9. The van der Waals surface area contributed by atoms with Crippen molar-refractivity contribution in [1.29, 1.82) is 0 Å². The molecule has 16 heteroatoms. The molecular formula is C38H47N5O9S2. The average Bonchev–Trinajstić information content (AvgIpc) is 3.67. The lowest BCUT2D eigenvalue weighted by Gasteiger charge is -2.30. The van der Waals surface area contributed by atoms with Gasteiger partial charge in [0.1, 0.15) is 34.0 Å². The number of ether oxygens (including phenoxy) is 2. The van der Waals surface area contributed by atoms with Crippen LogP contribution in [0.25, 0.3) is 0 Å². The first-order valence-electron chi connectivity index (χ1n) is 18.9. The Labute approximate surface area is 319 Å². The zero-order valence-corrected chi connectivity index (χ0v) is 31.7. The summed E-state index contributed by atoms with van der Waals surface area (Å²) < 4.78 is 39.9. The second-order valence-corrected chi connectivity index (χ2v) is 17.8. The lowest BCUT2D eigenvalue weighted by Crippen LogP contribution is -2.58. The summed E-state index contributed by atoms with van der Waals surface area (Å²) in [5.74, 6) is -2.56. The molecule has 1 aromatic heterocycles. The largest absolute Gasteiger partial charge is 0.446 e. The monoisotopic (exact) mass is 781 g/mol. The molecule has 7 rings (SSSR count). The number of hydrogen-bond acceptors (Lipinski definition) is 10. The minimum atomic E-state index is -4.20. The molecule has 2 aromatic rings. The van der Waals surface area contributed by atoms with Gasteiger partial charge in [-0.1, -0.05) is 55.3 Å². The summed E-state index contributed by atoms with van der Waals surface area (Å²) in [7, 11) is -4.20. The fraction of sp³-hybridized carbons (Fsp3) is 0.553. The molecule has 290 valence electrons. The second-order valence-electron chi connectivity index (χ2n) is 14.9. The number of carbonyl (C=O) groups excluding carboxylic acids is 5. The van der Waals surface area contributed by atoms with Crippen LogP contribution in [0.4, 0.5) is 9.59 Å². The summed E-state index contributed by atoms with van der Waals surface area (Å²) in [4.78, 5) is 72.0. The molecule has 0 spiro atoms. The lowest BCUT2D eigenvalue weighted by atomic mass is 10.0. The number of carbonyl (C=O) groups is 5. The van der Waals surface area contributed by atoms with Crippen molar-refractivity contribution in [2.24, 2.45) is 5.92 Å². The third-order valence-electron chi connectivity index (χ3n) is 11.2. The molecule has 2 aliphatic carbocycles. The Hall–Kier alpha value is -4.44. The molecule has 0 radical (unpaired) electrons. The molecule has 1 aromatic carbocycles. The SMILES string of the molecule is O=C(N[C@H]1CCCCC/C=C\[C@H]2C[C@@]2(C(=O)NS(=O)(=O)c2cccs2)NC(=O)[C@@H]2C[C@@H](OC(=O)N3CCc4ccccc4C3)CN2C1=O)OC1CCCC1. The van der Waals surface area contributed by atoms with Crippen molar-refractivity contribution in [2.45, 2.75) is 118 Å². The van der Waals surface area contributed by atoms with Gasteiger partial charge in [0.15, 0.2) is 0 Å². The number of allylic oxidation sites excluding steroid dienone is 1. The van der Waals surface area contributed by atoms with Crippen LogP contribution in [0.3, 0.4) is 0 Å². The van der Waals surface area contributed by atoms with Crippen molar-refractivity contribution >= 4 is 51.3 Å². The van der Waals surface area contributed by atoms with E-state index >= 15 is 0 Å². The molecule has 0 bridgehead atoms. The van der Waals surface area contributed by atoms with E-state index in [1.54, 1.807) is 16.3 Å². The Kier molecular flexibility index (Phi) is 11.3. The maximum absolute atomic E-state index is 14.4. The number of alkyl carbamates (subject to hydrolysis) is 1. The van der Waals surface area contributed by atoms with Crippen LogP contribution in [-0.2, 0) is 46.8 Å². The van der Waals surface area contributed by atoms with Gasteiger partial charge < -0.3 is 29.9 Å². The molecular weight excluding hydrogens is 735 g/mol. The first-order chi connectivity index (χ1) is 26.0. The summed E-state index contributed by atoms with van der Waals surface area (Å²) >= 11 is 0.962. The van der Waals surface area contributed by atoms with Gasteiger partial charge in [0.25, 0.3) is 15.9 Å². The highest BCUT2D eigenvalue weighted by molar-refractivity contribution is 7.92. The van der Waals surface area contributed by atoms with E-state index in [9.17, 15) is 32.4 Å². The van der Waals surface area contributed by atoms with Crippen LogP contribution >= 0.6 is 11.3 Å². The van der Waals surface area contributed by atoms with Gasteiger partial charge in [0, 0.05) is 25.4 Å². The standard InChI is InChI=1S/C38H47N5O9S2/c44-33-31-21-29(52-37(48)42-19-18-25-11-6-7-12-26(25)23-42)24-43(31)34(45)30(39-36(47)51-28-14-8-9-15-28)16-5-3-1-2-4-13-27-22-38(27,40-33)35(46)41-54(49,50)32-17-10-20-53-32/h4,6-7,10-13,17,20,27-31H,1-3,5,8-9,14-16,18-19,21-24H2,(H,39,47)(H,40,44)(H,41,46)/b13-4-/t27-,29+,30-,31-,38+/m0/s1. The second kappa shape index (κ2) is 16.1. The van der Waals surface area contributed by atoms with Crippen molar-refractivity contribution in [3.63, 3.8) is 0 Å². The molecule has 14 nitrogen and oxygen atoms in total. The van der Waals surface area contributed by atoms with Gasteiger partial charge in [0.2, 0.25) is 11.8 Å². The van der Waals surface area contributed by atoms with Crippen LogP contribution in [0.2, 0.25) is 0 Å². The van der Waals surface area contributed by atoms with E-state index in [1.807, 2.05) is 36.4 Å². The number of hydrogen-bond donors (Lipinski definition) is 3. The third-order valence-corrected chi connectivity index (χ3v) is 13.9. The van der Waals surface area contributed by atoms with Crippen LogP contribution in [-0.4, -0.2) is 91.0 Å². The van der Waals surface area contributed by atoms with Gasteiger partial charge in [-0.3, -0.25) is 14.4 Å². The van der Waals surface area contributed by atoms with Gasteiger partial charge in [-0.25, -0.2) is 22.7 Å². The number of amides is 5. The Morgan fingerprint density at radius 3 is 2.48 bits per heavy atom. The molecule has 2 saturated carbocycles. The van der Waals surface area contributed by atoms with Crippen molar-refractivity contribution in [1.82, 2.24) is 25.2 Å². The van der Waals surface area contributed by atoms with Gasteiger partial charge >= 0.3 is 12.2 Å². The van der Waals surface area contributed by atoms with Crippen LogP contribution in [0, 0.1) is 5.92 Å². The Morgan fingerprint density at radius 2 is 1.70 bits per heavy atom. The minimum absolute atomic E-state index is 0.0390. The van der Waals surface area contributed by atoms with Crippen molar-refractivity contribution in [2.75, 3.05) is 13.1 Å². The minimum Gasteiger partial charge on any atom is -0.446 e. The quantitative estimate of drug-likeness (QED) is 0.363. The topological polar surface area (TPSA) is 181 Å². The van der Waals surface area contributed by atoms with E-state index < -0.39 is 69.6 Å². The molecule has 5 aliphatic rings. The van der Waals surface area contributed by atoms with Gasteiger partial charge in [-0.2, -0.15) is 0 Å². The Bertz CT molecular complexity index is 1880. The average molecular weight is 782 g/mol. The number of nitrogens with one attached hydrogen (secondary N) is 3. The highest BCUT2D eigenvalue weighted by Crippen LogP contribution is 2.46. The van der Waals surface area contributed by atoms with E-state index in [4.69, 9.17) is 9.47 Å². The van der Waals surface area contributed by atoms with Crippen LogP contribution < -0.4 is 15.4 Å². The highest BCUT2D eigenvalue weighted by Gasteiger charge is 2.62. The highest BCUT2D eigenvalue weighted by atomic mass is 32.2. The normalized spacial score (nSPS) is 28.3. The van der Waals surface area contributed by atoms with E-state index in [-0.39, 0.29) is 29.7 Å². The van der Waals surface area contributed by atoms with E-state index in [2.05, 4.69) is 15.4 Å². The molecule has 5 atom stereocenters. The predicted molar refractivity (Wildman–Crippen MR) is 197 cm³/mol. The summed E-state index contributed by atoms with van der Waals surface area (Å²) in [5, 5.41) is 7.18. The zero-order valence-electron chi connectivity index (χ0n) is 30.1. The third kappa shape index (κ3) is 8.43. The first-order valence-corrected chi connectivity index (χ1v) is 21.3. The Morgan fingerprint density at radius 1 is 0.926 bits per heavy atom. The number of sulfonamides is 1. The predicted octanol–water partition coefficient (Wildman–Crippen LogP) is 4.15. The first kappa shape index (κ1) is 37.9. The van der Waals surface area contributed by atoms with Gasteiger partial charge in [-0.15, -0.1) is 11.3 Å². The summed E-state index contributed by atoms with van der Waals surface area (Å²) in [5.41, 5.74) is 0.603. The molecule has 3 N–H and O–H groups in total. The number of benzene rings is 1. The number of rotatable bonds is 6. The number of nitrogens with zero attached hydrogens (tertiary/aromatic N) is 2. The fourth-order valence-electron chi connectivity index (χ4n) is 8.05. The summed E-state index contributed by atoms with van der Waals surface area (Å²) in [6, 6.07) is 8.63. The number of fused-ring (bicyclic) bond motifs is 3. The maximum Gasteiger partial charge on any atom is 0.410 e. The summed E-state index contributed by atoms with van der Waals surface area (Å²) in [6.45, 7) is 0.702. The van der Waals surface area contributed by atoms with Crippen molar-refractivity contribution in [3.8, 4) is 0 Å². The Balaban J connectivity index is 1.13. The lowest BCUT2D eigenvalue weighted by molar-refractivity contribution is -0.141. The van der Waals surface area contributed by atoms with E-state index in [0.29, 0.717) is 38.8 Å².